The number of aromatic nitrogens is 4. The SMILES string of the molecule is C/C=C\C(=C/C)n1c2ccccc2c2cc(-c3cccc(-c4nc(-c5ccccc5)c5ccc6cccnc6n45)c3)ccc21. The van der Waals surface area contributed by atoms with Crippen LogP contribution in [0.5, 0.6) is 0 Å². The number of pyridine rings is 2. The highest BCUT2D eigenvalue weighted by atomic mass is 15.1. The first-order valence-electron chi connectivity index (χ1n) is 15.0. The topological polar surface area (TPSA) is 35.1 Å². The first-order chi connectivity index (χ1) is 21.7. The van der Waals surface area contributed by atoms with Crippen LogP contribution in [0.2, 0.25) is 0 Å². The molecule has 4 heterocycles. The molecule has 8 rings (SSSR count). The molecule has 4 heteroatoms. The smallest absolute Gasteiger partial charge is 0.146 e. The minimum atomic E-state index is 0.881. The van der Waals surface area contributed by atoms with Gasteiger partial charge in [-0.1, -0.05) is 84.9 Å². The Morgan fingerprint density at radius 1 is 0.614 bits per heavy atom. The van der Waals surface area contributed by atoms with Crippen LogP contribution in [0.25, 0.3) is 77.8 Å². The summed E-state index contributed by atoms with van der Waals surface area (Å²) >= 11 is 0. The lowest BCUT2D eigenvalue weighted by molar-refractivity contribution is 1.17. The number of hydrogen-bond acceptors (Lipinski definition) is 2. The van der Waals surface area contributed by atoms with Crippen molar-refractivity contribution in [3.05, 3.63) is 146 Å². The van der Waals surface area contributed by atoms with Crippen molar-refractivity contribution in [2.45, 2.75) is 13.8 Å². The molecule has 0 spiro atoms. The van der Waals surface area contributed by atoms with Gasteiger partial charge in [0.05, 0.1) is 22.2 Å². The fourth-order valence-electron chi connectivity index (χ4n) is 6.44. The van der Waals surface area contributed by atoms with Gasteiger partial charge in [-0.15, -0.1) is 0 Å². The zero-order chi connectivity index (χ0) is 29.6. The van der Waals surface area contributed by atoms with Crippen LogP contribution in [0.1, 0.15) is 13.8 Å². The first-order valence-corrected chi connectivity index (χ1v) is 15.0. The third-order valence-corrected chi connectivity index (χ3v) is 8.43. The van der Waals surface area contributed by atoms with E-state index in [1.807, 2.05) is 18.3 Å². The molecule has 0 aliphatic rings. The maximum Gasteiger partial charge on any atom is 0.146 e. The Morgan fingerprint density at radius 3 is 2.23 bits per heavy atom. The summed E-state index contributed by atoms with van der Waals surface area (Å²) in [6.07, 6.45) is 8.28. The summed E-state index contributed by atoms with van der Waals surface area (Å²) in [7, 11) is 0. The van der Waals surface area contributed by atoms with Crippen molar-refractivity contribution in [1.29, 1.82) is 0 Å². The predicted octanol–water partition coefficient (Wildman–Crippen LogP) is 10.4. The van der Waals surface area contributed by atoms with Crippen molar-refractivity contribution in [3.63, 3.8) is 0 Å². The Hall–Kier alpha value is -5.74. The van der Waals surface area contributed by atoms with Crippen molar-refractivity contribution < 1.29 is 0 Å². The molecule has 0 saturated carbocycles. The van der Waals surface area contributed by atoms with Gasteiger partial charge in [-0.25, -0.2) is 9.97 Å². The zero-order valence-corrected chi connectivity index (χ0v) is 24.6. The van der Waals surface area contributed by atoms with Crippen LogP contribution in [-0.4, -0.2) is 18.9 Å². The third-order valence-electron chi connectivity index (χ3n) is 8.43. The maximum atomic E-state index is 5.26. The second-order valence-corrected chi connectivity index (χ2v) is 11.0. The highest BCUT2D eigenvalue weighted by Crippen LogP contribution is 2.37. The fraction of sp³-hybridized carbons (Fsp3) is 0.0500. The van der Waals surface area contributed by atoms with E-state index in [0.717, 1.165) is 50.5 Å². The minimum Gasteiger partial charge on any atom is -0.310 e. The summed E-state index contributed by atoms with van der Waals surface area (Å²) < 4.78 is 4.55. The Morgan fingerprint density at radius 2 is 1.36 bits per heavy atom. The van der Waals surface area contributed by atoms with E-state index in [0.29, 0.717) is 0 Å². The maximum absolute atomic E-state index is 5.26. The molecule has 210 valence electrons. The largest absolute Gasteiger partial charge is 0.310 e. The van der Waals surface area contributed by atoms with Gasteiger partial charge in [0.25, 0.3) is 0 Å². The highest BCUT2D eigenvalue weighted by molar-refractivity contribution is 6.11. The van der Waals surface area contributed by atoms with Gasteiger partial charge < -0.3 is 4.57 Å². The van der Waals surface area contributed by atoms with Crippen LogP contribution < -0.4 is 0 Å². The van der Waals surface area contributed by atoms with Crippen molar-refractivity contribution in [2.75, 3.05) is 0 Å². The predicted molar refractivity (Wildman–Crippen MR) is 185 cm³/mol. The molecule has 0 aliphatic heterocycles. The van der Waals surface area contributed by atoms with E-state index in [4.69, 9.17) is 9.97 Å². The molecule has 0 atom stereocenters. The molecule has 0 amide bonds. The average molecular weight is 567 g/mol. The molecule has 4 aromatic carbocycles. The number of imidazole rings is 1. The van der Waals surface area contributed by atoms with Gasteiger partial charge in [-0.05, 0) is 79.6 Å². The molecule has 44 heavy (non-hydrogen) atoms. The zero-order valence-electron chi connectivity index (χ0n) is 24.6. The number of benzene rings is 4. The second kappa shape index (κ2) is 10.5. The average Bonchev–Trinajstić information content (AvgIpc) is 3.64. The van der Waals surface area contributed by atoms with Crippen molar-refractivity contribution >= 4 is 44.1 Å². The molecule has 4 aromatic heterocycles. The number of hydrogen-bond donors (Lipinski definition) is 0. The quantitative estimate of drug-likeness (QED) is 0.194. The van der Waals surface area contributed by atoms with Crippen LogP contribution in [0.3, 0.4) is 0 Å². The summed E-state index contributed by atoms with van der Waals surface area (Å²) in [6.45, 7) is 4.16. The lowest BCUT2D eigenvalue weighted by atomic mass is 10.0. The fourth-order valence-corrected chi connectivity index (χ4v) is 6.44. The first kappa shape index (κ1) is 25.9. The molecule has 0 fully saturated rings. The Labute approximate surface area is 255 Å². The van der Waals surface area contributed by atoms with Gasteiger partial charge >= 0.3 is 0 Å². The van der Waals surface area contributed by atoms with Gasteiger partial charge in [-0.2, -0.15) is 0 Å². The summed E-state index contributed by atoms with van der Waals surface area (Å²) in [6, 6.07) is 42.9. The second-order valence-electron chi connectivity index (χ2n) is 11.0. The summed E-state index contributed by atoms with van der Waals surface area (Å²) in [5, 5.41) is 3.56. The van der Waals surface area contributed by atoms with E-state index in [9.17, 15) is 0 Å². The van der Waals surface area contributed by atoms with Gasteiger partial charge in [0, 0.05) is 39.2 Å². The highest BCUT2D eigenvalue weighted by Gasteiger charge is 2.18. The van der Waals surface area contributed by atoms with E-state index in [1.54, 1.807) is 0 Å². The number of rotatable bonds is 5. The molecule has 0 radical (unpaired) electrons. The van der Waals surface area contributed by atoms with E-state index >= 15 is 0 Å². The van der Waals surface area contributed by atoms with Gasteiger partial charge in [0.15, 0.2) is 0 Å². The summed E-state index contributed by atoms with van der Waals surface area (Å²) in [4.78, 5) is 10.1. The lowest BCUT2D eigenvalue weighted by Gasteiger charge is -2.10. The van der Waals surface area contributed by atoms with Gasteiger partial charge in [0.2, 0.25) is 0 Å². The molecular formula is C40H30N4. The molecule has 0 N–H and O–H groups in total. The summed E-state index contributed by atoms with van der Waals surface area (Å²) in [5.74, 6) is 0.881. The van der Waals surface area contributed by atoms with Crippen LogP contribution in [0, 0.1) is 0 Å². The molecule has 0 bridgehead atoms. The van der Waals surface area contributed by atoms with E-state index in [1.165, 1.54) is 27.4 Å². The molecule has 0 unspecified atom stereocenters. The number of allylic oxidation sites excluding steroid dienone is 4. The van der Waals surface area contributed by atoms with Crippen molar-refractivity contribution in [1.82, 2.24) is 18.9 Å². The lowest BCUT2D eigenvalue weighted by Crippen LogP contribution is -1.95. The van der Waals surface area contributed by atoms with E-state index in [2.05, 4.69) is 150 Å². The van der Waals surface area contributed by atoms with Crippen LogP contribution in [0.4, 0.5) is 0 Å². The van der Waals surface area contributed by atoms with E-state index < -0.39 is 0 Å². The Kier molecular flexibility index (Phi) is 6.20. The third kappa shape index (κ3) is 4.07. The van der Waals surface area contributed by atoms with Gasteiger partial charge in [0.1, 0.15) is 11.5 Å². The normalized spacial score (nSPS) is 12.4. The molecule has 0 saturated heterocycles. The van der Waals surface area contributed by atoms with Crippen LogP contribution in [0.15, 0.2) is 146 Å². The number of fused-ring (bicyclic) bond motifs is 6. The molecule has 4 nitrogen and oxygen atoms in total. The van der Waals surface area contributed by atoms with E-state index in [-0.39, 0.29) is 0 Å². The standard InChI is InChI=1S/C40H30N4/c1-3-12-32(4-2)43-35-19-9-8-18-33(35)34-26-30(21-22-36(34)43)29-15-10-16-31(25-29)40-42-38(27-13-6-5-7-14-27)37-23-20-28-17-11-24-41-39(28)44(37)40/h3-26H,1-2H3/b12-3-,32-4+. The van der Waals surface area contributed by atoms with Gasteiger partial charge in [-0.3, -0.25) is 4.40 Å². The van der Waals surface area contributed by atoms with Crippen LogP contribution >= 0.6 is 0 Å². The van der Waals surface area contributed by atoms with Crippen molar-refractivity contribution in [2.24, 2.45) is 0 Å². The molecular weight excluding hydrogens is 536 g/mol. The summed E-state index contributed by atoms with van der Waals surface area (Å²) in [5.41, 5.74) is 10.9. The Balaban J connectivity index is 1.33. The molecule has 8 aromatic rings. The number of nitrogens with zero attached hydrogens (tertiary/aromatic N) is 4. The minimum absolute atomic E-state index is 0.881. The Bertz CT molecular complexity index is 2400. The van der Waals surface area contributed by atoms with Crippen molar-refractivity contribution in [3.8, 4) is 33.8 Å². The number of para-hydroxylation sites is 1. The monoisotopic (exact) mass is 566 g/mol. The van der Waals surface area contributed by atoms with Crippen LogP contribution in [-0.2, 0) is 0 Å². The molecule has 0 aliphatic carbocycles.